The maximum Gasteiger partial charge on any atom is 0.242 e. The van der Waals surface area contributed by atoms with Crippen molar-refractivity contribution in [2.24, 2.45) is 0 Å². The standard InChI is InChI=1S/C14H20N4O2S/c1-3-11-5-4-6-16-14(11)10-18-21(19,20)13-7-12(8-15-2)17-9-13/h4-7,9,15,17-18H,3,8,10H2,1-2H3. The topological polar surface area (TPSA) is 86.9 Å². The molecule has 0 radical (unpaired) electrons. The molecule has 7 heteroatoms. The zero-order valence-electron chi connectivity index (χ0n) is 12.2. The Bertz CT molecular complexity index is 695. The second-order valence-corrected chi connectivity index (χ2v) is 6.45. The first-order chi connectivity index (χ1) is 10.1. The minimum Gasteiger partial charge on any atom is -0.363 e. The normalized spacial score (nSPS) is 11.7. The summed E-state index contributed by atoms with van der Waals surface area (Å²) in [7, 11) is -1.72. The Morgan fingerprint density at radius 2 is 2.14 bits per heavy atom. The second-order valence-electron chi connectivity index (χ2n) is 4.68. The minimum atomic E-state index is -3.53. The Kier molecular flexibility index (Phi) is 5.11. The molecule has 6 nitrogen and oxygen atoms in total. The third-order valence-electron chi connectivity index (χ3n) is 3.19. The number of hydrogen-bond acceptors (Lipinski definition) is 4. The van der Waals surface area contributed by atoms with E-state index in [0.29, 0.717) is 6.54 Å². The highest BCUT2D eigenvalue weighted by Gasteiger charge is 2.16. The maximum atomic E-state index is 12.2. The third-order valence-corrected chi connectivity index (χ3v) is 4.57. The Morgan fingerprint density at radius 3 is 2.86 bits per heavy atom. The number of nitrogens with one attached hydrogen (secondary N) is 3. The van der Waals surface area contributed by atoms with E-state index in [1.165, 1.54) is 6.20 Å². The highest BCUT2D eigenvalue weighted by Crippen LogP contribution is 2.12. The summed E-state index contributed by atoms with van der Waals surface area (Å²) in [6.45, 7) is 2.81. The van der Waals surface area contributed by atoms with Crippen molar-refractivity contribution in [3.8, 4) is 0 Å². The molecule has 3 N–H and O–H groups in total. The van der Waals surface area contributed by atoms with Gasteiger partial charge in [-0.2, -0.15) is 0 Å². The first-order valence-corrected chi connectivity index (χ1v) is 8.29. The molecule has 2 heterocycles. The van der Waals surface area contributed by atoms with Crippen molar-refractivity contribution in [2.75, 3.05) is 7.05 Å². The van der Waals surface area contributed by atoms with Gasteiger partial charge in [0.25, 0.3) is 0 Å². The molecule has 2 aromatic heterocycles. The van der Waals surface area contributed by atoms with E-state index in [4.69, 9.17) is 0 Å². The monoisotopic (exact) mass is 308 g/mol. The van der Waals surface area contributed by atoms with Crippen LogP contribution in [0.15, 0.2) is 35.5 Å². The zero-order chi connectivity index (χ0) is 15.3. The quantitative estimate of drug-likeness (QED) is 0.716. The predicted octanol–water partition coefficient (Wildman–Crippen LogP) is 1.17. The van der Waals surface area contributed by atoms with Gasteiger partial charge >= 0.3 is 0 Å². The third kappa shape index (κ3) is 3.90. The number of sulfonamides is 1. The maximum absolute atomic E-state index is 12.2. The molecule has 0 saturated heterocycles. The average Bonchev–Trinajstić information content (AvgIpc) is 2.95. The van der Waals surface area contributed by atoms with Gasteiger partial charge in [0.15, 0.2) is 0 Å². The SMILES string of the molecule is CCc1cccnc1CNS(=O)(=O)c1c[nH]c(CNC)c1. The highest BCUT2D eigenvalue weighted by atomic mass is 32.2. The van der Waals surface area contributed by atoms with Crippen molar-refractivity contribution in [1.82, 2.24) is 20.0 Å². The smallest absolute Gasteiger partial charge is 0.242 e. The predicted molar refractivity (Wildman–Crippen MR) is 81.2 cm³/mol. The Hall–Kier alpha value is -1.70. The Balaban J connectivity index is 2.10. The summed E-state index contributed by atoms with van der Waals surface area (Å²) in [6, 6.07) is 5.43. The highest BCUT2D eigenvalue weighted by molar-refractivity contribution is 7.89. The summed E-state index contributed by atoms with van der Waals surface area (Å²) in [5.74, 6) is 0. The molecule has 114 valence electrons. The number of nitrogens with zero attached hydrogens (tertiary/aromatic N) is 1. The number of hydrogen-bond donors (Lipinski definition) is 3. The van der Waals surface area contributed by atoms with Crippen LogP contribution >= 0.6 is 0 Å². The second kappa shape index (κ2) is 6.84. The molecule has 2 aromatic rings. The van der Waals surface area contributed by atoms with Crippen LogP contribution < -0.4 is 10.0 Å². The summed E-state index contributed by atoms with van der Waals surface area (Å²) in [6.07, 6.45) is 3.99. The lowest BCUT2D eigenvalue weighted by molar-refractivity contribution is 0.580. The number of H-pyrrole nitrogens is 1. The summed E-state index contributed by atoms with van der Waals surface area (Å²) in [5.41, 5.74) is 2.63. The molecular weight excluding hydrogens is 288 g/mol. The van der Waals surface area contributed by atoms with E-state index in [1.807, 2.05) is 19.1 Å². The number of pyridine rings is 1. The van der Waals surface area contributed by atoms with Crippen LogP contribution in [0.4, 0.5) is 0 Å². The van der Waals surface area contributed by atoms with Gasteiger partial charge in [0.1, 0.15) is 0 Å². The van der Waals surface area contributed by atoms with Gasteiger partial charge in [0.05, 0.1) is 17.1 Å². The number of rotatable bonds is 7. The number of aryl methyl sites for hydroxylation is 1. The molecule has 21 heavy (non-hydrogen) atoms. The molecule has 0 aliphatic heterocycles. The van der Waals surface area contributed by atoms with Crippen LogP contribution in [-0.4, -0.2) is 25.4 Å². The van der Waals surface area contributed by atoms with Crippen molar-refractivity contribution in [3.05, 3.63) is 47.5 Å². The van der Waals surface area contributed by atoms with E-state index in [-0.39, 0.29) is 11.4 Å². The number of aromatic nitrogens is 2. The summed E-state index contributed by atoms with van der Waals surface area (Å²) in [5, 5.41) is 2.97. The van der Waals surface area contributed by atoms with Crippen LogP contribution in [0.5, 0.6) is 0 Å². The fourth-order valence-corrected chi connectivity index (χ4v) is 3.07. The van der Waals surface area contributed by atoms with Gasteiger partial charge < -0.3 is 10.3 Å². The molecule has 0 aliphatic carbocycles. The van der Waals surface area contributed by atoms with E-state index in [1.54, 1.807) is 19.3 Å². The van der Waals surface area contributed by atoms with Gasteiger partial charge in [-0.25, -0.2) is 13.1 Å². The molecule has 0 bridgehead atoms. The average molecular weight is 308 g/mol. The number of aromatic amines is 1. The lowest BCUT2D eigenvalue weighted by Crippen LogP contribution is -2.24. The molecule has 2 rings (SSSR count). The van der Waals surface area contributed by atoms with E-state index in [2.05, 4.69) is 20.0 Å². The Morgan fingerprint density at radius 1 is 1.33 bits per heavy atom. The van der Waals surface area contributed by atoms with Crippen LogP contribution in [0, 0.1) is 0 Å². The summed E-state index contributed by atoms with van der Waals surface area (Å²) < 4.78 is 27.1. The fourth-order valence-electron chi connectivity index (χ4n) is 2.07. The van der Waals surface area contributed by atoms with E-state index < -0.39 is 10.0 Å². The van der Waals surface area contributed by atoms with Gasteiger partial charge in [-0.05, 0) is 31.2 Å². The van der Waals surface area contributed by atoms with Crippen LogP contribution in [0.1, 0.15) is 23.9 Å². The molecule has 0 amide bonds. The van der Waals surface area contributed by atoms with Crippen molar-refractivity contribution < 1.29 is 8.42 Å². The fraction of sp³-hybridized carbons (Fsp3) is 0.357. The molecular formula is C14H20N4O2S. The molecule has 0 aromatic carbocycles. The first kappa shape index (κ1) is 15.7. The summed E-state index contributed by atoms with van der Waals surface area (Å²) >= 11 is 0. The Labute approximate surface area is 125 Å². The summed E-state index contributed by atoms with van der Waals surface area (Å²) in [4.78, 5) is 7.41. The van der Waals surface area contributed by atoms with Gasteiger partial charge in [-0.15, -0.1) is 0 Å². The van der Waals surface area contributed by atoms with Crippen LogP contribution in [0.3, 0.4) is 0 Å². The van der Waals surface area contributed by atoms with E-state index >= 15 is 0 Å². The zero-order valence-corrected chi connectivity index (χ0v) is 13.0. The van der Waals surface area contributed by atoms with Gasteiger partial charge in [-0.1, -0.05) is 13.0 Å². The van der Waals surface area contributed by atoms with Crippen LogP contribution in [0.2, 0.25) is 0 Å². The van der Waals surface area contributed by atoms with Crippen molar-refractivity contribution >= 4 is 10.0 Å². The van der Waals surface area contributed by atoms with Crippen molar-refractivity contribution in [1.29, 1.82) is 0 Å². The molecule has 0 atom stereocenters. The van der Waals surface area contributed by atoms with Crippen molar-refractivity contribution in [2.45, 2.75) is 31.3 Å². The van der Waals surface area contributed by atoms with Gasteiger partial charge in [0, 0.05) is 24.6 Å². The minimum absolute atomic E-state index is 0.193. The molecule has 0 aliphatic rings. The molecule has 0 saturated carbocycles. The van der Waals surface area contributed by atoms with E-state index in [9.17, 15) is 8.42 Å². The van der Waals surface area contributed by atoms with Crippen LogP contribution in [0.25, 0.3) is 0 Å². The van der Waals surface area contributed by atoms with Crippen molar-refractivity contribution in [3.63, 3.8) is 0 Å². The lowest BCUT2D eigenvalue weighted by Gasteiger charge is -2.08. The van der Waals surface area contributed by atoms with Crippen LogP contribution in [-0.2, 0) is 29.5 Å². The largest absolute Gasteiger partial charge is 0.363 e. The van der Waals surface area contributed by atoms with Gasteiger partial charge in [0.2, 0.25) is 10.0 Å². The van der Waals surface area contributed by atoms with E-state index in [0.717, 1.165) is 23.4 Å². The first-order valence-electron chi connectivity index (χ1n) is 6.81. The molecule has 0 fully saturated rings. The molecule has 0 spiro atoms. The van der Waals surface area contributed by atoms with Gasteiger partial charge in [-0.3, -0.25) is 4.98 Å². The lowest BCUT2D eigenvalue weighted by atomic mass is 10.1. The molecule has 0 unspecified atom stereocenters.